The van der Waals surface area contributed by atoms with Gasteiger partial charge >= 0.3 is 6.09 Å². The van der Waals surface area contributed by atoms with Crippen molar-refractivity contribution in [3.8, 4) is 0 Å². The van der Waals surface area contributed by atoms with Gasteiger partial charge in [-0.25, -0.2) is 9.18 Å². The molecule has 1 fully saturated rings. The largest absolute Gasteiger partial charge is 0.444 e. The monoisotopic (exact) mass is 378 g/mol. The van der Waals surface area contributed by atoms with Gasteiger partial charge in [-0.2, -0.15) is 0 Å². The summed E-state index contributed by atoms with van der Waals surface area (Å²) in [5.41, 5.74) is -0.232. The van der Waals surface area contributed by atoms with Crippen LogP contribution in [0.15, 0.2) is 24.3 Å². The highest BCUT2D eigenvalue weighted by atomic mass is 19.1. The fourth-order valence-corrected chi connectivity index (χ4v) is 3.22. The average Bonchev–Trinajstić information content (AvgIpc) is 3.38. The first-order valence-corrected chi connectivity index (χ1v) is 9.63. The van der Waals surface area contributed by atoms with E-state index in [9.17, 15) is 14.0 Å². The minimum absolute atomic E-state index is 0.0426. The van der Waals surface area contributed by atoms with Crippen molar-refractivity contribution in [2.45, 2.75) is 70.9 Å². The van der Waals surface area contributed by atoms with Crippen molar-refractivity contribution < 1.29 is 18.7 Å². The Hall–Kier alpha value is -2.11. The number of halogens is 1. The van der Waals surface area contributed by atoms with Crippen LogP contribution in [0, 0.1) is 11.7 Å². The van der Waals surface area contributed by atoms with Crippen molar-refractivity contribution in [2.24, 2.45) is 5.92 Å². The van der Waals surface area contributed by atoms with E-state index >= 15 is 0 Å². The molecular formula is C21H31FN2O3. The highest BCUT2D eigenvalue weighted by Crippen LogP contribution is 2.48. The third-order valence-electron chi connectivity index (χ3n) is 5.12. The standard InChI is InChI=1S/C21H31FN2O3/c1-6-21(7-2,13-23-19(26)27-20(3,4)5)24-18(25)17-12-16(17)14-9-8-10-15(22)11-14/h8-11,16-17H,6-7,12-13H2,1-5H3,(H,23,26)(H,24,25). The van der Waals surface area contributed by atoms with Gasteiger partial charge in [-0.05, 0) is 63.6 Å². The Labute approximate surface area is 161 Å². The van der Waals surface area contributed by atoms with Crippen LogP contribution in [0.25, 0.3) is 0 Å². The maximum atomic E-state index is 13.4. The number of ether oxygens (including phenoxy) is 1. The molecular weight excluding hydrogens is 347 g/mol. The lowest BCUT2D eigenvalue weighted by Gasteiger charge is -2.33. The Kier molecular flexibility index (Phi) is 6.50. The normalized spacial score (nSPS) is 19.3. The third kappa shape index (κ3) is 5.94. The fourth-order valence-electron chi connectivity index (χ4n) is 3.22. The maximum absolute atomic E-state index is 13.4. The topological polar surface area (TPSA) is 67.4 Å². The van der Waals surface area contributed by atoms with Gasteiger partial charge in [-0.3, -0.25) is 4.79 Å². The molecule has 2 atom stereocenters. The summed E-state index contributed by atoms with van der Waals surface area (Å²) in [6.45, 7) is 9.69. The summed E-state index contributed by atoms with van der Waals surface area (Å²) in [6.07, 6.45) is 1.59. The number of carbonyl (C=O) groups excluding carboxylic acids is 2. The van der Waals surface area contributed by atoms with E-state index in [4.69, 9.17) is 4.74 Å². The minimum Gasteiger partial charge on any atom is -0.444 e. The third-order valence-corrected chi connectivity index (χ3v) is 5.12. The van der Waals surface area contributed by atoms with Crippen LogP contribution in [0.4, 0.5) is 9.18 Å². The molecule has 0 aromatic heterocycles. The van der Waals surface area contributed by atoms with Gasteiger partial charge in [-0.15, -0.1) is 0 Å². The lowest BCUT2D eigenvalue weighted by atomic mass is 9.92. The molecule has 0 aliphatic heterocycles. The van der Waals surface area contributed by atoms with Gasteiger partial charge in [0.2, 0.25) is 5.91 Å². The highest BCUT2D eigenvalue weighted by Gasteiger charge is 2.46. The quantitative estimate of drug-likeness (QED) is 0.750. The molecule has 1 aliphatic rings. The second kappa shape index (κ2) is 8.28. The van der Waals surface area contributed by atoms with Gasteiger partial charge in [0.1, 0.15) is 11.4 Å². The van der Waals surface area contributed by atoms with Crippen molar-refractivity contribution in [1.29, 1.82) is 0 Å². The van der Waals surface area contributed by atoms with E-state index in [0.717, 1.165) is 12.0 Å². The van der Waals surface area contributed by atoms with Crippen molar-refractivity contribution >= 4 is 12.0 Å². The predicted molar refractivity (Wildman–Crippen MR) is 103 cm³/mol. The van der Waals surface area contributed by atoms with E-state index in [1.165, 1.54) is 12.1 Å². The SMILES string of the molecule is CCC(CC)(CNC(=O)OC(C)(C)C)NC(=O)C1CC1c1cccc(F)c1. The number of rotatable bonds is 7. The molecule has 0 heterocycles. The first-order chi connectivity index (χ1) is 12.6. The first-order valence-electron chi connectivity index (χ1n) is 9.63. The Morgan fingerprint density at radius 1 is 1.22 bits per heavy atom. The Morgan fingerprint density at radius 2 is 1.89 bits per heavy atom. The van der Waals surface area contributed by atoms with Crippen molar-refractivity contribution in [3.05, 3.63) is 35.6 Å². The molecule has 27 heavy (non-hydrogen) atoms. The predicted octanol–water partition coefficient (Wildman–Crippen LogP) is 4.13. The highest BCUT2D eigenvalue weighted by molar-refractivity contribution is 5.83. The van der Waals surface area contributed by atoms with E-state index in [-0.39, 0.29) is 23.6 Å². The smallest absolute Gasteiger partial charge is 0.407 e. The summed E-state index contributed by atoms with van der Waals surface area (Å²) in [7, 11) is 0. The number of hydrogen-bond donors (Lipinski definition) is 2. The molecule has 0 spiro atoms. The number of amides is 2. The molecule has 0 radical (unpaired) electrons. The molecule has 2 N–H and O–H groups in total. The first kappa shape index (κ1) is 21.2. The number of nitrogens with one attached hydrogen (secondary N) is 2. The van der Waals surface area contributed by atoms with Crippen molar-refractivity contribution in [2.75, 3.05) is 6.54 Å². The van der Waals surface area contributed by atoms with Gasteiger partial charge in [-0.1, -0.05) is 26.0 Å². The van der Waals surface area contributed by atoms with Crippen LogP contribution < -0.4 is 10.6 Å². The van der Waals surface area contributed by atoms with Crippen LogP contribution >= 0.6 is 0 Å². The van der Waals surface area contributed by atoms with Crippen molar-refractivity contribution in [3.63, 3.8) is 0 Å². The van der Waals surface area contributed by atoms with Gasteiger partial charge in [0.25, 0.3) is 0 Å². The molecule has 2 unspecified atom stereocenters. The zero-order valence-corrected chi connectivity index (χ0v) is 16.9. The van der Waals surface area contributed by atoms with Crippen LogP contribution in [0.3, 0.4) is 0 Å². The van der Waals surface area contributed by atoms with E-state index < -0.39 is 17.2 Å². The molecule has 2 amide bonds. The molecule has 1 aliphatic carbocycles. The lowest BCUT2D eigenvalue weighted by molar-refractivity contribution is -0.124. The Morgan fingerprint density at radius 3 is 2.44 bits per heavy atom. The zero-order chi connectivity index (χ0) is 20.2. The van der Waals surface area contributed by atoms with Crippen LogP contribution in [0.2, 0.25) is 0 Å². The van der Waals surface area contributed by atoms with Crippen LogP contribution in [-0.2, 0) is 9.53 Å². The van der Waals surface area contributed by atoms with E-state index in [1.807, 2.05) is 19.9 Å². The summed E-state index contributed by atoms with van der Waals surface area (Å²) in [5.74, 6) is -0.410. The van der Waals surface area contributed by atoms with Gasteiger partial charge in [0.15, 0.2) is 0 Å². The van der Waals surface area contributed by atoms with Crippen LogP contribution in [0.1, 0.15) is 65.4 Å². The Balaban J connectivity index is 1.95. The summed E-state index contributed by atoms with van der Waals surface area (Å²) in [4.78, 5) is 24.7. The molecule has 1 aromatic carbocycles. The molecule has 150 valence electrons. The second-order valence-electron chi connectivity index (χ2n) is 8.34. The molecule has 5 nitrogen and oxygen atoms in total. The summed E-state index contributed by atoms with van der Waals surface area (Å²) in [5, 5.41) is 5.89. The van der Waals surface area contributed by atoms with Crippen LogP contribution in [-0.4, -0.2) is 29.7 Å². The van der Waals surface area contributed by atoms with Crippen molar-refractivity contribution in [1.82, 2.24) is 10.6 Å². The number of carbonyl (C=O) groups is 2. The van der Waals surface area contributed by atoms with E-state index in [0.29, 0.717) is 19.4 Å². The van der Waals surface area contributed by atoms with E-state index in [1.54, 1.807) is 26.8 Å². The summed E-state index contributed by atoms with van der Waals surface area (Å²) >= 11 is 0. The van der Waals surface area contributed by atoms with Gasteiger partial charge in [0.05, 0.1) is 5.54 Å². The van der Waals surface area contributed by atoms with Gasteiger partial charge in [0, 0.05) is 12.5 Å². The number of hydrogen-bond acceptors (Lipinski definition) is 3. The summed E-state index contributed by atoms with van der Waals surface area (Å²) < 4.78 is 18.7. The minimum atomic E-state index is -0.569. The molecule has 1 saturated carbocycles. The molecule has 2 rings (SSSR count). The molecule has 1 aromatic rings. The fraction of sp³-hybridized carbons (Fsp3) is 0.619. The molecule has 6 heteroatoms. The lowest BCUT2D eigenvalue weighted by Crippen LogP contribution is -2.55. The summed E-state index contributed by atoms with van der Waals surface area (Å²) in [6, 6.07) is 6.43. The van der Waals surface area contributed by atoms with Crippen LogP contribution in [0.5, 0.6) is 0 Å². The molecule has 0 bridgehead atoms. The van der Waals surface area contributed by atoms with Gasteiger partial charge < -0.3 is 15.4 Å². The maximum Gasteiger partial charge on any atom is 0.407 e. The molecule has 0 saturated heterocycles. The van der Waals surface area contributed by atoms with E-state index in [2.05, 4.69) is 10.6 Å². The number of benzene rings is 1. The Bertz CT molecular complexity index is 680. The second-order valence-corrected chi connectivity index (χ2v) is 8.34. The zero-order valence-electron chi connectivity index (χ0n) is 16.9. The number of alkyl carbamates (subject to hydrolysis) is 1. The average molecular weight is 378 g/mol.